The van der Waals surface area contributed by atoms with Crippen LogP contribution in [0.15, 0.2) is 188 Å². The molecule has 2 aromatic heterocycles. The molecule has 0 unspecified atom stereocenters. The van der Waals surface area contributed by atoms with Crippen molar-refractivity contribution in [2.24, 2.45) is 0 Å². The Balaban J connectivity index is 1.12. The summed E-state index contributed by atoms with van der Waals surface area (Å²) in [4.78, 5) is 4.85. The predicted octanol–water partition coefficient (Wildman–Crippen LogP) is 10.8. The van der Waals surface area contributed by atoms with E-state index in [0.717, 1.165) is 38.5 Å². The quantitative estimate of drug-likeness (QED) is 0.0870. The van der Waals surface area contributed by atoms with E-state index in [0.29, 0.717) is 17.2 Å². The second kappa shape index (κ2) is 14.3. The Morgan fingerprint density at radius 2 is 1.32 bits per heavy atom. The molecule has 1 aliphatic heterocycles. The molecule has 0 atom stereocenters. The summed E-state index contributed by atoms with van der Waals surface area (Å²) in [5, 5.41) is 2.17. The zero-order valence-corrected chi connectivity index (χ0v) is 33.5. The number of hydrogen-bond donors (Lipinski definition) is 0. The summed E-state index contributed by atoms with van der Waals surface area (Å²) in [6.45, 7) is -0.531. The van der Waals surface area contributed by atoms with Crippen LogP contribution in [0, 0.1) is 0 Å². The average Bonchev–Trinajstić information content (AvgIpc) is 3.87. The Kier molecular flexibility index (Phi) is 6.42. The van der Waals surface area contributed by atoms with Gasteiger partial charge in [0.2, 0.25) is 0 Å². The first-order valence-electron chi connectivity index (χ1n) is 23.8. The fourth-order valence-corrected chi connectivity index (χ4v) is 10.1. The third kappa shape index (κ3) is 6.38. The Labute approximate surface area is 350 Å². The predicted molar refractivity (Wildman–Crippen MR) is 243 cm³/mol. The molecule has 57 heavy (non-hydrogen) atoms. The van der Waals surface area contributed by atoms with Crippen LogP contribution in [-0.4, -0.2) is 35.6 Å². The van der Waals surface area contributed by atoms with Gasteiger partial charge in [-0.25, -0.2) is 0 Å². The maximum absolute atomic E-state index is 9.00. The third-order valence-corrected chi connectivity index (χ3v) is 14.7. The second-order valence-electron chi connectivity index (χ2n) is 15.0. The largest absolute Gasteiger partial charge is 0.0988 e. The van der Waals surface area contributed by atoms with Crippen molar-refractivity contribution in [1.82, 2.24) is 14.1 Å². The van der Waals surface area contributed by atoms with Crippen LogP contribution in [-0.2, 0) is 0 Å². The summed E-state index contributed by atoms with van der Waals surface area (Å²) >= 11 is -2.20. The number of aromatic nitrogens is 2. The first-order valence-corrected chi connectivity index (χ1v) is 26.1. The Morgan fingerprint density at radius 1 is 0.649 bits per heavy atom. The Morgan fingerprint density at radius 3 is 2.07 bits per heavy atom. The van der Waals surface area contributed by atoms with Crippen molar-refractivity contribution < 1.29 is 18.4 Å². The van der Waals surface area contributed by atoms with Gasteiger partial charge in [-0.05, 0) is 28.3 Å². The van der Waals surface area contributed by atoms with E-state index < -0.39 is 80.4 Å². The molecule has 0 saturated heterocycles. The molecule has 272 valence electrons. The average molecular weight is 804 g/mol. The maximum Gasteiger partial charge on any atom is 0.0988 e. The second-order valence-corrected chi connectivity index (χ2v) is 25.7. The van der Waals surface area contributed by atoms with Crippen molar-refractivity contribution in [3.05, 3.63) is 188 Å². The molecule has 7 aromatic carbocycles. The normalized spacial score (nSPS) is 15.0. The van der Waals surface area contributed by atoms with Crippen LogP contribution in [0.3, 0.4) is 0 Å². The van der Waals surface area contributed by atoms with Crippen LogP contribution < -0.4 is 24.6 Å². The van der Waals surface area contributed by atoms with Crippen LogP contribution in [0.1, 0.15) is 13.7 Å². The zero-order valence-electron chi connectivity index (χ0n) is 41.5. The van der Waals surface area contributed by atoms with Gasteiger partial charge in [0.05, 0.1) is 25.5 Å². The minimum Gasteiger partial charge on any atom is -0.0737 e. The summed E-state index contributed by atoms with van der Waals surface area (Å²) in [6.07, 6.45) is 5.50. The SMILES string of the molecule is [2H]c1c([2H])c([2H])c(-c2cccc(-c3c([2H])c([2H])c([2H])c([2H])c3[2H])c2[N+]2=[C-]B(c3cccc(Oc4ccc5c6ccccc6n(-c6c[c]([Ge]([CH3])([CH3])[CH3])ccn6)c5c4)c3)c3ccccc32)c([2H])c1[2H]. The summed E-state index contributed by atoms with van der Waals surface area (Å²) in [5.74, 6) is 9.14. The first-order chi connectivity index (χ1) is 32.0. The van der Waals surface area contributed by atoms with Crippen molar-refractivity contribution in [2.45, 2.75) is 17.3 Å². The van der Waals surface area contributed by atoms with E-state index in [4.69, 9.17) is 23.4 Å². The van der Waals surface area contributed by atoms with Gasteiger partial charge >= 0.3 is 186 Å². The van der Waals surface area contributed by atoms with Crippen LogP contribution in [0.25, 0.3) is 49.9 Å². The van der Waals surface area contributed by atoms with Crippen LogP contribution in [0.2, 0.25) is 17.3 Å². The molecule has 0 radical (unpaired) electrons. The van der Waals surface area contributed by atoms with Gasteiger partial charge < -0.3 is 4.58 Å². The van der Waals surface area contributed by atoms with Gasteiger partial charge in [-0.3, -0.25) is 0 Å². The molecule has 1 aliphatic rings. The standard InChI is InChI=1S/C51H40BGeN3O/c1-53(2,3)39-30-31-54-50(33-39)56-47-26-12-10-22-44(47)45-29-28-41(34-49(45)56)57-40-21-14-20-38(32-40)52-35-55(48-27-13-11-25-46(48)52)51-42(36-16-6-4-7-17-36)23-15-24-43(51)37-18-8-5-9-19-37/h4-34H,1-3H3/i4D,5D,6D,7D,8D,9D,16D,17D,18D,19D. The molecule has 6 heteroatoms. The number of nitrogens with zero attached hydrogens (tertiary/aromatic N) is 3. The molecule has 0 aliphatic carbocycles. The Hall–Kier alpha value is -6.43. The van der Waals surface area contributed by atoms with Crippen LogP contribution in [0.5, 0.6) is 11.5 Å². The smallest absolute Gasteiger partial charge is 0.0737 e. The van der Waals surface area contributed by atoms with Gasteiger partial charge in [-0.15, -0.1) is 0 Å². The number of ether oxygens (including phenoxy) is 1. The van der Waals surface area contributed by atoms with Crippen molar-refractivity contribution >= 4 is 74.6 Å². The topological polar surface area (TPSA) is 30.1 Å². The van der Waals surface area contributed by atoms with E-state index in [-0.39, 0.29) is 27.9 Å². The van der Waals surface area contributed by atoms with E-state index in [9.17, 15) is 0 Å². The van der Waals surface area contributed by atoms with Gasteiger partial charge in [0, 0.05) is 0 Å². The molecule has 9 aromatic rings. The third-order valence-electron chi connectivity index (χ3n) is 10.5. The number of para-hydroxylation sites is 3. The number of benzene rings is 7. The van der Waals surface area contributed by atoms with E-state index >= 15 is 0 Å². The van der Waals surface area contributed by atoms with Crippen molar-refractivity contribution in [1.29, 1.82) is 0 Å². The molecule has 10 rings (SSSR count). The summed E-state index contributed by atoms with van der Waals surface area (Å²) in [6, 6.07) is 33.8. The van der Waals surface area contributed by atoms with Gasteiger partial charge in [0.1, 0.15) is 5.69 Å². The van der Waals surface area contributed by atoms with Crippen LogP contribution in [0.4, 0.5) is 11.4 Å². The van der Waals surface area contributed by atoms with Gasteiger partial charge in [0.15, 0.2) is 0 Å². The van der Waals surface area contributed by atoms with E-state index in [1.165, 1.54) is 4.40 Å². The van der Waals surface area contributed by atoms with E-state index in [2.05, 4.69) is 58.3 Å². The molecule has 3 heterocycles. The molecule has 0 saturated carbocycles. The van der Waals surface area contributed by atoms with Gasteiger partial charge in [-0.1, -0.05) is 102 Å². The first kappa shape index (κ1) is 25.7. The molecule has 0 spiro atoms. The number of fused-ring (bicyclic) bond motifs is 4. The summed E-state index contributed by atoms with van der Waals surface area (Å²) in [5.41, 5.74) is 4.67. The molecule has 4 nitrogen and oxygen atoms in total. The zero-order chi connectivity index (χ0) is 47.2. The fourth-order valence-electron chi connectivity index (χ4n) is 7.76. The number of pyridine rings is 1. The van der Waals surface area contributed by atoms with Gasteiger partial charge in [-0.2, -0.15) is 0 Å². The van der Waals surface area contributed by atoms with E-state index in [1.807, 2.05) is 79.0 Å². The minimum absolute atomic E-state index is 0.107. The van der Waals surface area contributed by atoms with Crippen molar-refractivity contribution in [2.75, 3.05) is 0 Å². The van der Waals surface area contributed by atoms with E-state index in [1.54, 1.807) is 22.8 Å². The van der Waals surface area contributed by atoms with Crippen molar-refractivity contribution in [3.8, 4) is 39.6 Å². The molecule has 0 fully saturated rings. The summed E-state index contributed by atoms with van der Waals surface area (Å²) in [7, 11) is 0. The number of hydrogen-bond acceptors (Lipinski definition) is 2. The maximum atomic E-state index is 9.00. The fraction of sp³-hybridized carbons (Fsp3) is 0.0588. The summed E-state index contributed by atoms with van der Waals surface area (Å²) < 4.78 is 98.8. The number of rotatable bonds is 8. The van der Waals surface area contributed by atoms with Crippen LogP contribution >= 0.6 is 0 Å². The van der Waals surface area contributed by atoms with Crippen molar-refractivity contribution in [3.63, 3.8) is 0 Å². The van der Waals surface area contributed by atoms with Gasteiger partial charge in [0.25, 0.3) is 0 Å². The molecular formula is C51H40BGeN3O. The minimum atomic E-state index is -2.20. The monoisotopic (exact) mass is 805 g/mol. The molecular weight excluding hydrogens is 754 g/mol. The molecule has 0 bridgehead atoms. The molecule has 0 amide bonds. The molecule has 0 N–H and O–H groups in total. The Bertz CT molecular complexity index is 3440.